The van der Waals surface area contributed by atoms with Gasteiger partial charge in [0.25, 0.3) is 0 Å². The SMILES string of the molecule is Fc1ccc(Cn2nnnc2Br)cc1. The molecule has 0 saturated carbocycles. The van der Waals surface area contributed by atoms with Gasteiger partial charge in [0.05, 0.1) is 6.54 Å². The van der Waals surface area contributed by atoms with Crippen LogP contribution in [-0.4, -0.2) is 20.2 Å². The van der Waals surface area contributed by atoms with E-state index in [2.05, 4.69) is 31.5 Å². The molecule has 0 saturated heterocycles. The third-order valence-electron chi connectivity index (χ3n) is 1.73. The Bertz CT molecular complexity index is 425. The quantitative estimate of drug-likeness (QED) is 0.821. The molecule has 72 valence electrons. The van der Waals surface area contributed by atoms with Crippen LogP contribution < -0.4 is 0 Å². The molecular weight excluding hydrogens is 251 g/mol. The van der Waals surface area contributed by atoms with E-state index in [0.717, 1.165) is 5.56 Å². The van der Waals surface area contributed by atoms with Gasteiger partial charge < -0.3 is 0 Å². The number of nitrogens with zero attached hydrogens (tertiary/aromatic N) is 4. The molecule has 6 heteroatoms. The second-order valence-corrected chi connectivity index (χ2v) is 3.44. The molecule has 0 fully saturated rings. The molecule has 1 heterocycles. The first-order chi connectivity index (χ1) is 6.75. The van der Waals surface area contributed by atoms with E-state index in [1.165, 1.54) is 12.1 Å². The molecule has 0 atom stereocenters. The Labute approximate surface area is 87.9 Å². The van der Waals surface area contributed by atoms with Gasteiger partial charge in [-0.25, -0.2) is 9.07 Å². The first-order valence-corrected chi connectivity index (χ1v) is 4.71. The van der Waals surface area contributed by atoms with Crippen molar-refractivity contribution in [2.45, 2.75) is 6.54 Å². The Morgan fingerprint density at radius 2 is 2.00 bits per heavy atom. The Kier molecular flexibility index (Phi) is 2.53. The van der Waals surface area contributed by atoms with E-state index >= 15 is 0 Å². The van der Waals surface area contributed by atoms with Crippen LogP contribution in [0.4, 0.5) is 4.39 Å². The van der Waals surface area contributed by atoms with Gasteiger partial charge in [-0.05, 0) is 44.1 Å². The van der Waals surface area contributed by atoms with E-state index < -0.39 is 0 Å². The van der Waals surface area contributed by atoms with E-state index in [0.29, 0.717) is 11.3 Å². The van der Waals surface area contributed by atoms with Crippen molar-refractivity contribution >= 4 is 15.9 Å². The van der Waals surface area contributed by atoms with Gasteiger partial charge in [-0.3, -0.25) is 0 Å². The summed E-state index contributed by atoms with van der Waals surface area (Å²) in [6.07, 6.45) is 0. The second kappa shape index (κ2) is 3.83. The van der Waals surface area contributed by atoms with Crippen LogP contribution in [0.5, 0.6) is 0 Å². The van der Waals surface area contributed by atoms with Crippen LogP contribution in [0.2, 0.25) is 0 Å². The first-order valence-electron chi connectivity index (χ1n) is 3.92. The normalized spacial score (nSPS) is 10.4. The summed E-state index contributed by atoms with van der Waals surface area (Å²) in [5, 5.41) is 10.9. The zero-order valence-electron chi connectivity index (χ0n) is 7.06. The maximum atomic E-state index is 12.6. The van der Waals surface area contributed by atoms with Gasteiger partial charge in [-0.2, -0.15) is 0 Å². The third kappa shape index (κ3) is 1.95. The summed E-state index contributed by atoms with van der Waals surface area (Å²) in [7, 11) is 0. The van der Waals surface area contributed by atoms with Gasteiger partial charge in [-0.1, -0.05) is 12.1 Å². The van der Waals surface area contributed by atoms with Crippen molar-refractivity contribution < 1.29 is 4.39 Å². The Morgan fingerprint density at radius 3 is 2.57 bits per heavy atom. The largest absolute Gasteiger partial charge is 0.218 e. The van der Waals surface area contributed by atoms with Crippen molar-refractivity contribution in [3.63, 3.8) is 0 Å². The number of tetrazole rings is 1. The van der Waals surface area contributed by atoms with Crippen molar-refractivity contribution in [1.82, 2.24) is 20.2 Å². The molecule has 0 N–H and O–H groups in total. The molecule has 0 aliphatic heterocycles. The molecule has 1 aromatic carbocycles. The minimum Gasteiger partial charge on any atom is -0.216 e. The van der Waals surface area contributed by atoms with Gasteiger partial charge in [0.15, 0.2) is 0 Å². The molecule has 14 heavy (non-hydrogen) atoms. The smallest absolute Gasteiger partial charge is 0.216 e. The van der Waals surface area contributed by atoms with Crippen LogP contribution in [0.1, 0.15) is 5.56 Å². The predicted molar refractivity (Wildman–Crippen MR) is 51.0 cm³/mol. The molecular formula is C8H6BrFN4. The van der Waals surface area contributed by atoms with E-state index in [9.17, 15) is 4.39 Å². The van der Waals surface area contributed by atoms with E-state index in [1.807, 2.05) is 0 Å². The molecule has 0 unspecified atom stereocenters. The maximum Gasteiger partial charge on any atom is 0.218 e. The zero-order chi connectivity index (χ0) is 9.97. The molecule has 2 aromatic rings. The molecule has 0 aliphatic carbocycles. The molecule has 0 aliphatic rings. The van der Waals surface area contributed by atoms with E-state index in [-0.39, 0.29) is 5.82 Å². The number of hydrogen-bond acceptors (Lipinski definition) is 3. The highest BCUT2D eigenvalue weighted by Crippen LogP contribution is 2.08. The van der Waals surface area contributed by atoms with Crippen molar-refractivity contribution in [3.8, 4) is 0 Å². The summed E-state index contributed by atoms with van der Waals surface area (Å²) >= 11 is 3.19. The number of benzene rings is 1. The zero-order valence-corrected chi connectivity index (χ0v) is 8.65. The van der Waals surface area contributed by atoms with Gasteiger partial charge in [-0.15, -0.1) is 5.10 Å². The monoisotopic (exact) mass is 256 g/mol. The van der Waals surface area contributed by atoms with Crippen LogP contribution in [0, 0.1) is 5.82 Å². The predicted octanol–water partition coefficient (Wildman–Crippen LogP) is 1.62. The van der Waals surface area contributed by atoms with E-state index in [4.69, 9.17) is 0 Å². The number of hydrogen-bond donors (Lipinski definition) is 0. The van der Waals surface area contributed by atoms with Crippen LogP contribution in [0.25, 0.3) is 0 Å². The Hall–Kier alpha value is -1.30. The highest BCUT2D eigenvalue weighted by Gasteiger charge is 2.02. The highest BCUT2D eigenvalue weighted by atomic mass is 79.9. The van der Waals surface area contributed by atoms with Crippen molar-refractivity contribution in [3.05, 3.63) is 40.4 Å². The van der Waals surface area contributed by atoms with Gasteiger partial charge in [0.2, 0.25) is 4.73 Å². The number of halogens is 2. The fourth-order valence-electron chi connectivity index (χ4n) is 1.05. The topological polar surface area (TPSA) is 43.6 Å². The summed E-state index contributed by atoms with van der Waals surface area (Å²) in [6, 6.07) is 6.22. The van der Waals surface area contributed by atoms with Crippen LogP contribution in [0.15, 0.2) is 29.0 Å². The number of rotatable bonds is 2. The summed E-state index contributed by atoms with van der Waals surface area (Å²) in [6.45, 7) is 0.522. The Morgan fingerprint density at radius 1 is 1.29 bits per heavy atom. The fraction of sp³-hybridized carbons (Fsp3) is 0.125. The minimum atomic E-state index is -0.246. The average molecular weight is 257 g/mol. The van der Waals surface area contributed by atoms with Crippen molar-refractivity contribution in [2.24, 2.45) is 0 Å². The minimum absolute atomic E-state index is 0.246. The lowest BCUT2D eigenvalue weighted by Crippen LogP contribution is -2.02. The van der Waals surface area contributed by atoms with Crippen molar-refractivity contribution in [2.75, 3.05) is 0 Å². The molecule has 4 nitrogen and oxygen atoms in total. The lowest BCUT2D eigenvalue weighted by atomic mass is 10.2. The Balaban J connectivity index is 2.19. The summed E-state index contributed by atoms with van der Waals surface area (Å²) in [4.78, 5) is 0. The van der Waals surface area contributed by atoms with Crippen molar-refractivity contribution in [1.29, 1.82) is 0 Å². The molecule has 0 radical (unpaired) electrons. The number of aromatic nitrogens is 4. The molecule has 0 spiro atoms. The second-order valence-electron chi connectivity index (χ2n) is 2.73. The maximum absolute atomic E-state index is 12.6. The highest BCUT2D eigenvalue weighted by molar-refractivity contribution is 9.10. The lowest BCUT2D eigenvalue weighted by molar-refractivity contribution is 0.618. The summed E-state index contributed by atoms with van der Waals surface area (Å²) < 4.78 is 14.7. The molecule has 1 aromatic heterocycles. The van der Waals surface area contributed by atoms with Crippen LogP contribution in [0.3, 0.4) is 0 Å². The average Bonchev–Trinajstić information content (AvgIpc) is 2.56. The van der Waals surface area contributed by atoms with Gasteiger partial charge >= 0.3 is 0 Å². The molecule has 0 amide bonds. The summed E-state index contributed by atoms with van der Waals surface area (Å²) in [5.41, 5.74) is 0.944. The standard InChI is InChI=1S/C8H6BrFN4/c9-8-11-12-13-14(8)5-6-1-3-7(10)4-2-6/h1-4H,5H2. The van der Waals surface area contributed by atoms with Gasteiger partial charge in [0, 0.05) is 0 Å². The van der Waals surface area contributed by atoms with Crippen LogP contribution in [-0.2, 0) is 6.54 Å². The third-order valence-corrected chi connectivity index (χ3v) is 2.30. The first kappa shape index (κ1) is 9.26. The lowest BCUT2D eigenvalue weighted by Gasteiger charge is -2.00. The fourth-order valence-corrected chi connectivity index (χ4v) is 1.32. The molecule has 2 rings (SSSR count). The van der Waals surface area contributed by atoms with E-state index in [1.54, 1.807) is 16.8 Å². The van der Waals surface area contributed by atoms with Crippen LogP contribution >= 0.6 is 15.9 Å². The van der Waals surface area contributed by atoms with Gasteiger partial charge in [0.1, 0.15) is 5.82 Å². The molecule has 0 bridgehead atoms. The summed E-state index contributed by atoms with van der Waals surface area (Å²) in [5.74, 6) is -0.246.